The van der Waals surface area contributed by atoms with E-state index in [0.29, 0.717) is 28.0 Å². The van der Waals surface area contributed by atoms with Crippen LogP contribution in [0.3, 0.4) is 0 Å². The van der Waals surface area contributed by atoms with Crippen molar-refractivity contribution in [3.8, 4) is 0 Å². The predicted octanol–water partition coefficient (Wildman–Crippen LogP) is 6.04. The Morgan fingerprint density at radius 2 is 1.48 bits per heavy atom. The van der Waals surface area contributed by atoms with Gasteiger partial charge < -0.3 is 25.4 Å². The number of carbonyl (C=O) groups excluding carboxylic acids is 5. The number of thiophene rings is 1. The van der Waals surface area contributed by atoms with Gasteiger partial charge >= 0.3 is 11.9 Å². The lowest BCUT2D eigenvalue weighted by Gasteiger charge is -2.19. The summed E-state index contributed by atoms with van der Waals surface area (Å²) < 4.78 is 10.8. The van der Waals surface area contributed by atoms with Gasteiger partial charge in [-0.05, 0) is 60.5 Å². The van der Waals surface area contributed by atoms with E-state index < -0.39 is 34.7 Å². The minimum absolute atomic E-state index is 0.0406. The lowest BCUT2D eigenvalue weighted by Crippen LogP contribution is -2.42. The van der Waals surface area contributed by atoms with Gasteiger partial charge in [-0.25, -0.2) is 9.78 Å². The van der Waals surface area contributed by atoms with Crippen molar-refractivity contribution in [1.82, 2.24) is 15.3 Å². The maximum absolute atomic E-state index is 13.0. The van der Waals surface area contributed by atoms with Gasteiger partial charge in [0, 0.05) is 40.6 Å². The highest BCUT2D eigenvalue weighted by Crippen LogP contribution is 2.39. The van der Waals surface area contributed by atoms with Crippen molar-refractivity contribution >= 4 is 84.6 Å². The lowest BCUT2D eigenvalue weighted by atomic mass is 9.95. The quantitative estimate of drug-likeness (QED) is 0.151. The fourth-order valence-corrected chi connectivity index (χ4v) is 5.80. The summed E-state index contributed by atoms with van der Waals surface area (Å²) in [4.78, 5) is 72.6. The van der Waals surface area contributed by atoms with Gasteiger partial charge in [0.15, 0.2) is 0 Å². The standard InChI is InChI=1S/C33H43BrN6O7S/c1-9-46-22(41)16-15-21(28(43)47-10-2)36-26(42)18-11-13-19(14-12-18)35-17-20-23-25(37-29(44)32(3,4)5)38-31(39-27(23)48-24(20)34)40-30(45)33(6,7)8/h11-14,21,35H,9-10,15-17H2,1-8H3,(H,36,42)(H2,37,38,39,40,44,45). The van der Waals surface area contributed by atoms with E-state index in [9.17, 15) is 24.0 Å². The van der Waals surface area contributed by atoms with Crippen molar-refractivity contribution < 1.29 is 33.4 Å². The second kappa shape index (κ2) is 16.3. The number of hydrogen-bond donors (Lipinski definition) is 4. The normalized spacial score (nSPS) is 12.2. The van der Waals surface area contributed by atoms with E-state index in [2.05, 4.69) is 47.2 Å². The molecule has 260 valence electrons. The number of fused-ring (bicyclic) bond motifs is 1. The number of aromatic nitrogens is 2. The third-order valence-corrected chi connectivity index (χ3v) is 8.73. The summed E-state index contributed by atoms with van der Waals surface area (Å²) in [7, 11) is 0. The molecule has 0 saturated heterocycles. The SMILES string of the molecule is CCOC(=O)CCC(NC(=O)c1ccc(NCc2c(Br)sc3nc(NC(=O)C(C)(C)C)nc(NC(=O)C(C)(C)C)c23)cc1)C(=O)OCC. The fourth-order valence-electron chi connectivity index (χ4n) is 4.08. The highest BCUT2D eigenvalue weighted by atomic mass is 79.9. The van der Waals surface area contributed by atoms with Crippen LogP contribution in [-0.4, -0.2) is 58.9 Å². The van der Waals surface area contributed by atoms with Crippen molar-refractivity contribution in [1.29, 1.82) is 0 Å². The minimum atomic E-state index is -1.01. The zero-order valence-electron chi connectivity index (χ0n) is 28.5. The van der Waals surface area contributed by atoms with Crippen molar-refractivity contribution in [3.63, 3.8) is 0 Å². The largest absolute Gasteiger partial charge is 0.466 e. The van der Waals surface area contributed by atoms with Crippen LogP contribution in [0.1, 0.15) is 84.2 Å². The number of nitrogens with zero attached hydrogens (tertiary/aromatic N) is 2. The third-order valence-electron chi connectivity index (χ3n) is 6.86. The van der Waals surface area contributed by atoms with Gasteiger partial charge in [0.05, 0.1) is 22.4 Å². The fraction of sp³-hybridized carbons (Fsp3) is 0.485. The topological polar surface area (TPSA) is 178 Å². The number of amides is 3. The first-order valence-electron chi connectivity index (χ1n) is 15.5. The van der Waals surface area contributed by atoms with E-state index in [1.807, 2.05) is 0 Å². The molecule has 3 rings (SSSR count). The van der Waals surface area contributed by atoms with Crippen molar-refractivity contribution in [2.24, 2.45) is 10.8 Å². The van der Waals surface area contributed by atoms with E-state index in [4.69, 9.17) is 9.47 Å². The van der Waals surface area contributed by atoms with Crippen LogP contribution in [0.15, 0.2) is 28.1 Å². The van der Waals surface area contributed by atoms with Crippen LogP contribution in [0.25, 0.3) is 10.2 Å². The summed E-state index contributed by atoms with van der Waals surface area (Å²) in [5, 5.41) is 12.3. The zero-order chi connectivity index (χ0) is 35.8. The second-order valence-corrected chi connectivity index (χ2v) is 15.2. The molecule has 3 amide bonds. The van der Waals surface area contributed by atoms with Gasteiger partial charge in [-0.1, -0.05) is 41.5 Å². The molecule has 0 aliphatic carbocycles. The van der Waals surface area contributed by atoms with Crippen LogP contribution in [0.4, 0.5) is 17.5 Å². The summed E-state index contributed by atoms with van der Waals surface area (Å²) in [6.07, 6.45) is -0.00826. The summed E-state index contributed by atoms with van der Waals surface area (Å²) in [5.41, 5.74) is 0.397. The first kappa shape index (κ1) is 38.3. The monoisotopic (exact) mass is 746 g/mol. The molecule has 2 heterocycles. The van der Waals surface area contributed by atoms with Crippen LogP contribution >= 0.6 is 27.3 Å². The van der Waals surface area contributed by atoms with Crippen LogP contribution < -0.4 is 21.3 Å². The number of hydrogen-bond acceptors (Lipinski definition) is 11. The molecule has 0 radical (unpaired) electrons. The van der Waals surface area contributed by atoms with E-state index in [1.54, 1.807) is 79.7 Å². The molecule has 0 saturated carbocycles. The van der Waals surface area contributed by atoms with Gasteiger partial charge in [-0.3, -0.25) is 24.5 Å². The Labute approximate surface area is 292 Å². The molecule has 1 aromatic carbocycles. The number of ether oxygens (including phenoxy) is 2. The molecule has 1 atom stereocenters. The number of rotatable bonds is 13. The van der Waals surface area contributed by atoms with E-state index >= 15 is 0 Å². The number of benzene rings is 1. The maximum Gasteiger partial charge on any atom is 0.328 e. The molecule has 0 fully saturated rings. The average Bonchev–Trinajstić information content (AvgIpc) is 3.32. The van der Waals surface area contributed by atoms with Gasteiger partial charge in [-0.15, -0.1) is 11.3 Å². The molecule has 0 bridgehead atoms. The summed E-state index contributed by atoms with van der Waals surface area (Å²) >= 11 is 4.97. The molecule has 48 heavy (non-hydrogen) atoms. The molecule has 1 unspecified atom stereocenters. The highest BCUT2D eigenvalue weighted by molar-refractivity contribution is 9.11. The molecule has 4 N–H and O–H groups in total. The number of esters is 2. The Morgan fingerprint density at radius 1 is 0.875 bits per heavy atom. The average molecular weight is 748 g/mol. The minimum Gasteiger partial charge on any atom is -0.466 e. The second-order valence-electron chi connectivity index (χ2n) is 12.9. The number of carbonyl (C=O) groups is 5. The number of halogens is 1. The Balaban J connectivity index is 1.82. The summed E-state index contributed by atoms with van der Waals surface area (Å²) in [5.74, 6) is -1.76. The first-order valence-corrected chi connectivity index (χ1v) is 17.1. The molecule has 0 aliphatic rings. The predicted molar refractivity (Wildman–Crippen MR) is 189 cm³/mol. The van der Waals surface area contributed by atoms with Gasteiger partial charge in [0.25, 0.3) is 5.91 Å². The maximum atomic E-state index is 13.0. The molecule has 3 aromatic rings. The van der Waals surface area contributed by atoms with Crippen LogP contribution in [0.2, 0.25) is 0 Å². The van der Waals surface area contributed by atoms with Gasteiger partial charge in [0.1, 0.15) is 16.7 Å². The van der Waals surface area contributed by atoms with Gasteiger partial charge in [-0.2, -0.15) is 4.98 Å². The zero-order valence-corrected chi connectivity index (χ0v) is 30.9. The summed E-state index contributed by atoms with van der Waals surface area (Å²) in [6.45, 7) is 14.7. The molecule has 15 heteroatoms. The Kier molecular flexibility index (Phi) is 13.0. The molecular formula is C33H43BrN6O7S. The highest BCUT2D eigenvalue weighted by Gasteiger charge is 2.28. The molecule has 0 aliphatic heterocycles. The van der Waals surface area contributed by atoms with Crippen LogP contribution in [0, 0.1) is 10.8 Å². The number of anilines is 3. The molecule has 0 spiro atoms. The van der Waals surface area contributed by atoms with Crippen molar-refractivity contribution in [3.05, 3.63) is 39.2 Å². The number of nitrogens with one attached hydrogen (secondary N) is 4. The third kappa shape index (κ3) is 10.4. The molecule has 13 nitrogen and oxygen atoms in total. The lowest BCUT2D eigenvalue weighted by molar-refractivity contribution is -0.147. The summed E-state index contributed by atoms with van der Waals surface area (Å²) in [6, 6.07) is 5.63. The Morgan fingerprint density at radius 3 is 2.06 bits per heavy atom. The molecular weight excluding hydrogens is 704 g/mol. The van der Waals surface area contributed by atoms with E-state index in [0.717, 1.165) is 9.35 Å². The molecule has 2 aromatic heterocycles. The van der Waals surface area contributed by atoms with Crippen LogP contribution in [-0.2, 0) is 35.2 Å². The smallest absolute Gasteiger partial charge is 0.328 e. The van der Waals surface area contributed by atoms with Crippen molar-refractivity contribution in [2.75, 3.05) is 29.2 Å². The van der Waals surface area contributed by atoms with E-state index in [-0.39, 0.29) is 49.6 Å². The first-order chi connectivity index (χ1) is 22.4. The van der Waals surface area contributed by atoms with Crippen LogP contribution in [0.5, 0.6) is 0 Å². The van der Waals surface area contributed by atoms with E-state index in [1.165, 1.54) is 11.3 Å². The van der Waals surface area contributed by atoms with Gasteiger partial charge in [0.2, 0.25) is 17.8 Å². The van der Waals surface area contributed by atoms with Crippen molar-refractivity contribution in [2.45, 2.75) is 80.8 Å². The Hall–Kier alpha value is -4.11. The Bertz CT molecular complexity index is 1660.